The first kappa shape index (κ1) is 19.1. The van der Waals surface area contributed by atoms with Crippen LogP contribution in [0.25, 0.3) is 0 Å². The number of aliphatic imine (C=N–C) groups is 1. The number of nitrogens with two attached hydrogens (primary N) is 1. The van der Waals surface area contributed by atoms with Crippen molar-refractivity contribution in [3.8, 4) is 0 Å². The molecule has 0 atom stereocenters. The molecule has 0 aromatic carbocycles. The van der Waals surface area contributed by atoms with Crippen molar-refractivity contribution in [2.75, 3.05) is 32.8 Å². The van der Waals surface area contributed by atoms with Crippen molar-refractivity contribution in [3.05, 3.63) is 0 Å². The fourth-order valence-electron chi connectivity index (χ4n) is 2.24. The average Bonchev–Trinajstić information content (AvgIpc) is 2.52. The van der Waals surface area contributed by atoms with Crippen molar-refractivity contribution in [2.45, 2.75) is 39.7 Å². The molecule has 1 fully saturated rings. The fourth-order valence-corrected chi connectivity index (χ4v) is 2.24. The highest BCUT2D eigenvalue weighted by atomic mass is 16.6. The summed E-state index contributed by atoms with van der Waals surface area (Å²) in [5.74, 6) is 0.357. The molecule has 0 unspecified atom stereocenters. The first-order chi connectivity index (χ1) is 10.9. The van der Waals surface area contributed by atoms with Gasteiger partial charge in [-0.1, -0.05) is 13.8 Å². The summed E-state index contributed by atoms with van der Waals surface area (Å²) in [6.07, 6.45) is 1.35. The van der Waals surface area contributed by atoms with Gasteiger partial charge in [-0.3, -0.25) is 9.79 Å². The Morgan fingerprint density at radius 3 is 2.57 bits per heavy atom. The molecular formula is C15H29N5O3. The first-order valence-corrected chi connectivity index (χ1v) is 8.19. The molecule has 1 rings (SSSR count). The number of guanidine groups is 1. The summed E-state index contributed by atoms with van der Waals surface area (Å²) < 4.78 is 4.98. The summed E-state index contributed by atoms with van der Waals surface area (Å²) in [5, 5.41) is 5.94. The SMILES string of the molecule is CCOC(=O)N1CCC(NC(N)=NCCNC(=O)C(C)C)CC1. The van der Waals surface area contributed by atoms with Crippen molar-refractivity contribution in [1.82, 2.24) is 15.5 Å². The topological polar surface area (TPSA) is 109 Å². The van der Waals surface area contributed by atoms with Crippen LogP contribution in [0.1, 0.15) is 33.6 Å². The highest BCUT2D eigenvalue weighted by Crippen LogP contribution is 2.11. The molecule has 0 radical (unpaired) electrons. The lowest BCUT2D eigenvalue weighted by Gasteiger charge is -2.31. The Balaban J connectivity index is 2.23. The molecule has 8 heteroatoms. The van der Waals surface area contributed by atoms with E-state index in [0.717, 1.165) is 12.8 Å². The number of carbonyl (C=O) groups is 2. The zero-order chi connectivity index (χ0) is 17.2. The molecule has 8 nitrogen and oxygen atoms in total. The monoisotopic (exact) mass is 327 g/mol. The van der Waals surface area contributed by atoms with Crippen molar-refractivity contribution >= 4 is 18.0 Å². The molecule has 0 spiro atoms. The predicted molar refractivity (Wildman–Crippen MR) is 89.1 cm³/mol. The number of likely N-dealkylation sites (tertiary alicyclic amines) is 1. The molecule has 0 aromatic heterocycles. The number of nitrogens with zero attached hydrogens (tertiary/aromatic N) is 2. The maximum absolute atomic E-state index is 11.6. The van der Waals surface area contributed by atoms with E-state index in [1.807, 2.05) is 13.8 Å². The number of hydrogen-bond donors (Lipinski definition) is 3. The van der Waals surface area contributed by atoms with E-state index in [9.17, 15) is 9.59 Å². The van der Waals surface area contributed by atoms with E-state index in [1.54, 1.807) is 11.8 Å². The quantitative estimate of drug-likeness (QED) is 0.369. The minimum absolute atomic E-state index is 0.0121. The van der Waals surface area contributed by atoms with Gasteiger partial charge in [-0.25, -0.2) is 4.79 Å². The van der Waals surface area contributed by atoms with Crippen LogP contribution in [0.3, 0.4) is 0 Å². The summed E-state index contributed by atoms with van der Waals surface area (Å²) in [4.78, 5) is 28.9. The van der Waals surface area contributed by atoms with Crippen LogP contribution in [0.5, 0.6) is 0 Å². The van der Waals surface area contributed by atoms with E-state index in [0.29, 0.717) is 38.7 Å². The zero-order valence-electron chi connectivity index (χ0n) is 14.3. The third-order valence-electron chi connectivity index (χ3n) is 3.59. The van der Waals surface area contributed by atoms with Crippen LogP contribution in [0.4, 0.5) is 4.79 Å². The predicted octanol–water partition coefficient (Wildman–Crippen LogP) is 0.284. The molecule has 2 amide bonds. The number of ether oxygens (including phenoxy) is 1. The molecule has 0 aromatic rings. The lowest BCUT2D eigenvalue weighted by atomic mass is 10.1. The van der Waals surface area contributed by atoms with Crippen LogP contribution in [0.2, 0.25) is 0 Å². The number of hydrogen-bond acceptors (Lipinski definition) is 4. The summed E-state index contributed by atoms with van der Waals surface area (Å²) in [6.45, 7) is 8.09. The number of nitrogens with one attached hydrogen (secondary N) is 2. The second-order valence-corrected chi connectivity index (χ2v) is 5.82. The van der Waals surface area contributed by atoms with E-state index in [2.05, 4.69) is 15.6 Å². The van der Waals surface area contributed by atoms with E-state index in [-0.39, 0.29) is 24.0 Å². The van der Waals surface area contributed by atoms with Gasteiger partial charge < -0.3 is 26.0 Å². The minimum atomic E-state index is -0.256. The minimum Gasteiger partial charge on any atom is -0.450 e. The smallest absolute Gasteiger partial charge is 0.409 e. The zero-order valence-corrected chi connectivity index (χ0v) is 14.3. The van der Waals surface area contributed by atoms with Gasteiger partial charge in [0.15, 0.2) is 5.96 Å². The Labute approximate surface area is 137 Å². The second-order valence-electron chi connectivity index (χ2n) is 5.82. The number of piperidine rings is 1. The molecule has 1 saturated heterocycles. The van der Waals surface area contributed by atoms with Crippen molar-refractivity contribution in [3.63, 3.8) is 0 Å². The maximum atomic E-state index is 11.6. The van der Waals surface area contributed by atoms with Gasteiger partial charge in [0.2, 0.25) is 5.91 Å². The molecule has 1 aliphatic heterocycles. The fraction of sp³-hybridized carbons (Fsp3) is 0.800. The molecule has 0 saturated carbocycles. The van der Waals surface area contributed by atoms with Gasteiger partial charge in [0.05, 0.1) is 13.2 Å². The van der Waals surface area contributed by atoms with Gasteiger partial charge in [-0.2, -0.15) is 0 Å². The van der Waals surface area contributed by atoms with Crippen LogP contribution < -0.4 is 16.4 Å². The van der Waals surface area contributed by atoms with Crippen molar-refractivity contribution in [1.29, 1.82) is 0 Å². The summed E-state index contributed by atoms with van der Waals surface area (Å²) in [6, 6.07) is 0.203. The van der Waals surface area contributed by atoms with Crippen molar-refractivity contribution < 1.29 is 14.3 Å². The summed E-state index contributed by atoms with van der Waals surface area (Å²) >= 11 is 0. The molecule has 1 heterocycles. The Kier molecular flexibility index (Phi) is 8.21. The summed E-state index contributed by atoms with van der Waals surface area (Å²) in [7, 11) is 0. The summed E-state index contributed by atoms with van der Waals surface area (Å²) in [5.41, 5.74) is 5.84. The molecule has 23 heavy (non-hydrogen) atoms. The standard InChI is InChI=1S/C15H29N5O3/c1-4-23-15(22)20-9-5-12(6-10-20)19-14(16)18-8-7-17-13(21)11(2)3/h11-12H,4-10H2,1-3H3,(H,17,21)(H3,16,18,19). The van der Waals surface area contributed by atoms with Crippen LogP contribution in [0, 0.1) is 5.92 Å². The third-order valence-corrected chi connectivity index (χ3v) is 3.59. The Bertz CT molecular complexity index is 417. The lowest BCUT2D eigenvalue weighted by molar-refractivity contribution is -0.123. The normalized spacial score (nSPS) is 16.3. The largest absolute Gasteiger partial charge is 0.450 e. The van der Waals surface area contributed by atoms with E-state index in [1.165, 1.54) is 0 Å². The van der Waals surface area contributed by atoms with Gasteiger partial charge >= 0.3 is 6.09 Å². The number of amides is 2. The van der Waals surface area contributed by atoms with Crippen LogP contribution in [-0.2, 0) is 9.53 Å². The number of rotatable bonds is 6. The molecule has 0 aliphatic carbocycles. The number of carbonyl (C=O) groups excluding carboxylic acids is 2. The Hall–Kier alpha value is -1.99. The molecule has 1 aliphatic rings. The van der Waals surface area contributed by atoms with Crippen LogP contribution in [0.15, 0.2) is 4.99 Å². The van der Waals surface area contributed by atoms with E-state index >= 15 is 0 Å². The first-order valence-electron chi connectivity index (χ1n) is 8.19. The molecule has 0 bridgehead atoms. The lowest BCUT2D eigenvalue weighted by Crippen LogP contribution is -2.48. The van der Waals surface area contributed by atoms with Gasteiger partial charge in [-0.15, -0.1) is 0 Å². The molecular weight excluding hydrogens is 298 g/mol. The van der Waals surface area contributed by atoms with Crippen molar-refractivity contribution in [2.24, 2.45) is 16.6 Å². The maximum Gasteiger partial charge on any atom is 0.409 e. The van der Waals surface area contributed by atoms with E-state index < -0.39 is 0 Å². The van der Waals surface area contributed by atoms with Crippen LogP contribution in [-0.4, -0.2) is 61.7 Å². The third kappa shape index (κ3) is 7.21. The van der Waals surface area contributed by atoms with Gasteiger partial charge in [-0.05, 0) is 19.8 Å². The Morgan fingerprint density at radius 1 is 1.35 bits per heavy atom. The molecule has 132 valence electrons. The van der Waals surface area contributed by atoms with Gasteiger partial charge in [0.25, 0.3) is 0 Å². The highest BCUT2D eigenvalue weighted by Gasteiger charge is 2.23. The second kappa shape index (κ2) is 9.91. The average molecular weight is 327 g/mol. The highest BCUT2D eigenvalue weighted by molar-refractivity contribution is 5.79. The van der Waals surface area contributed by atoms with Gasteiger partial charge in [0.1, 0.15) is 0 Å². The van der Waals surface area contributed by atoms with Crippen LogP contribution >= 0.6 is 0 Å². The Morgan fingerprint density at radius 2 is 2.00 bits per heavy atom. The van der Waals surface area contributed by atoms with E-state index in [4.69, 9.17) is 10.5 Å². The van der Waals surface area contributed by atoms with Gasteiger partial charge in [0, 0.05) is 31.6 Å². The molecule has 4 N–H and O–H groups in total.